The van der Waals surface area contributed by atoms with Crippen LogP contribution in [0.25, 0.3) is 0 Å². The monoisotopic (exact) mass is 271 g/mol. The number of amides is 1. The van der Waals surface area contributed by atoms with Crippen molar-refractivity contribution in [2.75, 3.05) is 6.61 Å². The number of unbranched alkanes of at least 4 members (excludes halogenated alkanes) is 1. The number of rotatable bonds is 5. The summed E-state index contributed by atoms with van der Waals surface area (Å²) in [6, 6.07) is 7.12. The molecule has 1 aromatic carbocycles. The summed E-state index contributed by atoms with van der Waals surface area (Å²) in [7, 11) is 0. The standard InChI is InChI=1S/C11H14BrNO2/c1-2-3-8-15-13-11(14)9-4-6-10(12)7-5-9/h4-7H,2-3,8H2,1H3,(H,13,14). The summed E-state index contributed by atoms with van der Waals surface area (Å²) in [5, 5.41) is 0. The highest BCUT2D eigenvalue weighted by Crippen LogP contribution is 2.10. The molecule has 4 heteroatoms. The van der Waals surface area contributed by atoms with Crippen LogP contribution in [0.15, 0.2) is 28.7 Å². The molecule has 1 N–H and O–H groups in total. The van der Waals surface area contributed by atoms with Crippen LogP contribution >= 0.6 is 15.9 Å². The molecule has 0 radical (unpaired) electrons. The van der Waals surface area contributed by atoms with Crippen LogP contribution in [-0.2, 0) is 4.84 Å². The Kier molecular flexibility index (Phi) is 5.36. The molecule has 0 aliphatic heterocycles. The van der Waals surface area contributed by atoms with E-state index in [0.717, 1.165) is 17.3 Å². The lowest BCUT2D eigenvalue weighted by Gasteiger charge is -2.04. The molecular formula is C11H14BrNO2. The molecule has 0 heterocycles. The van der Waals surface area contributed by atoms with Gasteiger partial charge in [-0.3, -0.25) is 9.63 Å². The van der Waals surface area contributed by atoms with Gasteiger partial charge in [-0.2, -0.15) is 0 Å². The van der Waals surface area contributed by atoms with Gasteiger partial charge < -0.3 is 0 Å². The van der Waals surface area contributed by atoms with Crippen molar-refractivity contribution in [3.8, 4) is 0 Å². The molecule has 0 spiro atoms. The summed E-state index contributed by atoms with van der Waals surface area (Å²) in [6.45, 7) is 2.62. The number of hydroxylamine groups is 1. The zero-order valence-corrected chi connectivity index (χ0v) is 10.2. The maximum Gasteiger partial charge on any atom is 0.274 e. The summed E-state index contributed by atoms with van der Waals surface area (Å²) in [4.78, 5) is 16.5. The minimum absolute atomic E-state index is 0.210. The number of hydrogen-bond acceptors (Lipinski definition) is 2. The fraction of sp³-hybridized carbons (Fsp3) is 0.364. The molecule has 15 heavy (non-hydrogen) atoms. The Bertz CT molecular complexity index is 311. The minimum atomic E-state index is -0.210. The number of halogens is 1. The number of carbonyl (C=O) groups excluding carboxylic acids is 1. The maximum atomic E-state index is 11.5. The van der Waals surface area contributed by atoms with Crippen molar-refractivity contribution in [3.63, 3.8) is 0 Å². The van der Waals surface area contributed by atoms with Gasteiger partial charge in [0.05, 0.1) is 6.61 Å². The molecule has 0 aliphatic rings. The smallest absolute Gasteiger partial charge is 0.273 e. The van der Waals surface area contributed by atoms with E-state index in [1.807, 2.05) is 12.1 Å². The maximum absolute atomic E-state index is 11.5. The number of benzene rings is 1. The van der Waals surface area contributed by atoms with Crippen LogP contribution < -0.4 is 5.48 Å². The number of nitrogens with one attached hydrogen (secondary N) is 1. The summed E-state index contributed by atoms with van der Waals surface area (Å²) in [5.41, 5.74) is 2.99. The molecule has 0 saturated heterocycles. The third-order valence-corrected chi connectivity index (χ3v) is 2.40. The van der Waals surface area contributed by atoms with Gasteiger partial charge in [-0.25, -0.2) is 5.48 Å². The van der Waals surface area contributed by atoms with Crippen molar-refractivity contribution in [2.24, 2.45) is 0 Å². The van der Waals surface area contributed by atoms with Crippen LogP contribution in [0.1, 0.15) is 30.1 Å². The van der Waals surface area contributed by atoms with E-state index in [1.54, 1.807) is 12.1 Å². The highest BCUT2D eigenvalue weighted by atomic mass is 79.9. The molecular weight excluding hydrogens is 258 g/mol. The van der Waals surface area contributed by atoms with Crippen molar-refractivity contribution in [1.29, 1.82) is 0 Å². The first-order valence-electron chi connectivity index (χ1n) is 4.91. The molecule has 0 aliphatic carbocycles. The minimum Gasteiger partial charge on any atom is -0.273 e. The highest BCUT2D eigenvalue weighted by molar-refractivity contribution is 9.10. The van der Waals surface area contributed by atoms with Crippen molar-refractivity contribution in [1.82, 2.24) is 5.48 Å². The van der Waals surface area contributed by atoms with E-state index in [1.165, 1.54) is 0 Å². The summed E-state index contributed by atoms with van der Waals surface area (Å²) >= 11 is 3.30. The second kappa shape index (κ2) is 6.58. The average Bonchev–Trinajstić information content (AvgIpc) is 2.25. The molecule has 0 atom stereocenters. The molecule has 0 saturated carbocycles. The Morgan fingerprint density at radius 2 is 2.07 bits per heavy atom. The largest absolute Gasteiger partial charge is 0.274 e. The van der Waals surface area contributed by atoms with Gasteiger partial charge in [-0.1, -0.05) is 29.3 Å². The third kappa shape index (κ3) is 4.44. The fourth-order valence-electron chi connectivity index (χ4n) is 0.993. The molecule has 1 amide bonds. The van der Waals surface area contributed by atoms with Crippen LogP contribution in [0, 0.1) is 0 Å². The van der Waals surface area contributed by atoms with E-state index < -0.39 is 0 Å². The lowest BCUT2D eigenvalue weighted by atomic mass is 10.2. The van der Waals surface area contributed by atoms with Gasteiger partial charge in [0.2, 0.25) is 0 Å². The van der Waals surface area contributed by atoms with Crippen LogP contribution in [0.3, 0.4) is 0 Å². The van der Waals surface area contributed by atoms with Crippen LogP contribution in [0.2, 0.25) is 0 Å². The van der Waals surface area contributed by atoms with Gasteiger partial charge in [0.15, 0.2) is 0 Å². The molecule has 82 valence electrons. The molecule has 0 bridgehead atoms. The zero-order valence-electron chi connectivity index (χ0n) is 8.63. The fourth-order valence-corrected chi connectivity index (χ4v) is 1.26. The normalized spacial score (nSPS) is 10.0. The number of hydrogen-bond donors (Lipinski definition) is 1. The Balaban J connectivity index is 2.37. The van der Waals surface area contributed by atoms with Crippen LogP contribution in [0.5, 0.6) is 0 Å². The SMILES string of the molecule is CCCCONC(=O)c1ccc(Br)cc1. The van der Waals surface area contributed by atoms with E-state index >= 15 is 0 Å². The molecule has 1 rings (SSSR count). The van der Waals surface area contributed by atoms with Crippen molar-refractivity contribution in [3.05, 3.63) is 34.3 Å². The first-order valence-corrected chi connectivity index (χ1v) is 5.71. The lowest BCUT2D eigenvalue weighted by molar-refractivity contribution is 0.0302. The Labute approximate surface area is 97.9 Å². The average molecular weight is 272 g/mol. The van der Waals surface area contributed by atoms with Crippen molar-refractivity contribution >= 4 is 21.8 Å². The zero-order chi connectivity index (χ0) is 11.1. The second-order valence-electron chi connectivity index (χ2n) is 3.14. The predicted octanol–water partition coefficient (Wildman–Crippen LogP) is 2.91. The topological polar surface area (TPSA) is 38.3 Å². The summed E-state index contributed by atoms with van der Waals surface area (Å²) in [6.07, 6.45) is 1.99. The Morgan fingerprint density at radius 3 is 2.67 bits per heavy atom. The predicted molar refractivity (Wildman–Crippen MR) is 62.5 cm³/mol. The van der Waals surface area contributed by atoms with Gasteiger partial charge >= 0.3 is 0 Å². The summed E-state index contributed by atoms with van der Waals surface area (Å²) in [5.74, 6) is -0.210. The highest BCUT2D eigenvalue weighted by Gasteiger charge is 2.03. The third-order valence-electron chi connectivity index (χ3n) is 1.87. The molecule has 0 aromatic heterocycles. The van der Waals surface area contributed by atoms with Gasteiger partial charge in [0.1, 0.15) is 0 Å². The van der Waals surface area contributed by atoms with E-state index in [-0.39, 0.29) is 5.91 Å². The quantitative estimate of drug-likeness (QED) is 0.661. The van der Waals surface area contributed by atoms with E-state index in [0.29, 0.717) is 12.2 Å². The van der Waals surface area contributed by atoms with E-state index in [9.17, 15) is 4.79 Å². The van der Waals surface area contributed by atoms with Crippen LogP contribution in [0.4, 0.5) is 0 Å². The van der Waals surface area contributed by atoms with Gasteiger partial charge in [0, 0.05) is 10.0 Å². The first kappa shape index (κ1) is 12.2. The van der Waals surface area contributed by atoms with Crippen molar-refractivity contribution < 1.29 is 9.63 Å². The molecule has 0 unspecified atom stereocenters. The molecule has 3 nitrogen and oxygen atoms in total. The second-order valence-corrected chi connectivity index (χ2v) is 4.06. The lowest BCUT2D eigenvalue weighted by Crippen LogP contribution is -2.24. The Morgan fingerprint density at radius 1 is 1.40 bits per heavy atom. The van der Waals surface area contributed by atoms with Crippen LogP contribution in [-0.4, -0.2) is 12.5 Å². The van der Waals surface area contributed by atoms with Gasteiger partial charge in [0.25, 0.3) is 5.91 Å². The van der Waals surface area contributed by atoms with Gasteiger partial charge in [-0.15, -0.1) is 0 Å². The molecule has 1 aromatic rings. The van der Waals surface area contributed by atoms with Gasteiger partial charge in [-0.05, 0) is 30.7 Å². The summed E-state index contributed by atoms with van der Waals surface area (Å²) < 4.78 is 0.950. The van der Waals surface area contributed by atoms with Crippen molar-refractivity contribution in [2.45, 2.75) is 19.8 Å². The number of carbonyl (C=O) groups is 1. The first-order chi connectivity index (χ1) is 7.24. The van der Waals surface area contributed by atoms with E-state index in [2.05, 4.69) is 28.3 Å². The van der Waals surface area contributed by atoms with E-state index in [4.69, 9.17) is 4.84 Å². The Hall–Kier alpha value is -0.870. The molecule has 0 fully saturated rings.